The lowest BCUT2D eigenvalue weighted by Crippen LogP contribution is -2.17. The number of hydrogen-bond acceptors (Lipinski definition) is 6. The van der Waals surface area contributed by atoms with E-state index in [2.05, 4.69) is 0 Å². The first-order chi connectivity index (χ1) is 8.56. The van der Waals surface area contributed by atoms with Crippen LogP contribution in [0.3, 0.4) is 0 Å². The van der Waals surface area contributed by atoms with E-state index in [0.717, 1.165) is 12.1 Å². The van der Waals surface area contributed by atoms with Crippen LogP contribution in [0.15, 0.2) is 18.2 Å². The molecule has 1 rings (SSSR count). The Balaban J connectivity index is -0.00000108. The van der Waals surface area contributed by atoms with Crippen LogP contribution in [0.25, 0.3) is 0 Å². The highest BCUT2D eigenvalue weighted by Gasteiger charge is 2.23. The number of carbonyl (C=O) groups excluding carboxylic acids is 6. The van der Waals surface area contributed by atoms with Crippen LogP contribution in [0.1, 0.15) is 31.1 Å². The van der Waals surface area contributed by atoms with Crippen molar-refractivity contribution in [2.24, 2.45) is 0 Å². The molecular formula is C12H12O9. The normalized spacial score (nSPS) is 8.00. The Hall–Kier alpha value is -2.88. The minimum absolute atomic E-state index is 0. The maximum Gasteiger partial charge on any atom is 0.226 e. The molecule has 0 amide bonds. The highest BCUT2D eigenvalue weighted by molar-refractivity contribution is 6.44. The van der Waals surface area contributed by atoms with Crippen LogP contribution in [-0.2, 0) is 14.4 Å². The Morgan fingerprint density at radius 2 is 1.00 bits per heavy atom. The lowest BCUT2D eigenvalue weighted by atomic mass is 9.93. The molecule has 114 valence electrons. The molecule has 0 spiro atoms. The number of carbonyl (C=O) groups is 6. The highest BCUT2D eigenvalue weighted by atomic mass is 16.2. The molecule has 0 radical (unpaired) electrons. The van der Waals surface area contributed by atoms with Crippen molar-refractivity contribution in [2.75, 3.05) is 0 Å². The summed E-state index contributed by atoms with van der Waals surface area (Å²) in [7, 11) is 0. The highest BCUT2D eigenvalue weighted by Crippen LogP contribution is 2.16. The van der Waals surface area contributed by atoms with E-state index in [1.54, 1.807) is 0 Å². The molecule has 0 aromatic heterocycles. The third-order valence-corrected chi connectivity index (χ3v) is 2.16. The van der Waals surface area contributed by atoms with Gasteiger partial charge >= 0.3 is 0 Å². The van der Waals surface area contributed by atoms with Crippen LogP contribution in [0.4, 0.5) is 0 Å². The van der Waals surface area contributed by atoms with E-state index >= 15 is 0 Å². The fourth-order valence-corrected chi connectivity index (χ4v) is 1.41. The fourth-order valence-electron chi connectivity index (χ4n) is 1.41. The maximum absolute atomic E-state index is 11.4. The molecule has 1 aromatic carbocycles. The molecule has 1 aromatic rings. The van der Waals surface area contributed by atoms with Gasteiger partial charge in [0.1, 0.15) is 0 Å². The number of benzene rings is 1. The Morgan fingerprint density at radius 1 is 0.667 bits per heavy atom. The average Bonchev–Trinajstić information content (AvgIpc) is 2.43. The van der Waals surface area contributed by atoms with Crippen LogP contribution in [0.2, 0.25) is 0 Å². The van der Waals surface area contributed by atoms with Crippen molar-refractivity contribution >= 4 is 36.2 Å². The molecule has 0 aliphatic rings. The van der Waals surface area contributed by atoms with Crippen LogP contribution >= 0.6 is 0 Å². The second-order valence-corrected chi connectivity index (χ2v) is 3.17. The van der Waals surface area contributed by atoms with E-state index in [9.17, 15) is 28.8 Å². The van der Waals surface area contributed by atoms with Crippen molar-refractivity contribution in [1.29, 1.82) is 0 Å². The number of rotatable bonds is 6. The standard InChI is InChI=1S/C12H6O6.3H2O/c13-4-9(16)7-2-1-3-8(10(17)5-14)12(7)11(18)6-15;;;/h1-6H;3*1H2. The molecule has 0 atom stereocenters. The van der Waals surface area contributed by atoms with Crippen molar-refractivity contribution in [3.63, 3.8) is 0 Å². The molecule has 9 heteroatoms. The minimum atomic E-state index is -1.15. The first kappa shape index (κ1) is 23.2. The third-order valence-electron chi connectivity index (χ3n) is 2.16. The first-order valence-corrected chi connectivity index (χ1v) is 4.68. The van der Waals surface area contributed by atoms with Gasteiger partial charge in [-0.3, -0.25) is 28.8 Å². The number of aldehydes is 3. The molecule has 0 aliphatic heterocycles. The van der Waals surface area contributed by atoms with Gasteiger partial charge in [0.2, 0.25) is 17.3 Å². The molecule has 0 unspecified atom stereocenters. The predicted molar refractivity (Wildman–Crippen MR) is 68.5 cm³/mol. The third kappa shape index (κ3) is 4.62. The van der Waals surface area contributed by atoms with Gasteiger partial charge in [-0.25, -0.2) is 0 Å². The lowest BCUT2D eigenvalue weighted by Gasteiger charge is -2.06. The summed E-state index contributed by atoms with van der Waals surface area (Å²) in [5, 5.41) is 0. The summed E-state index contributed by atoms with van der Waals surface area (Å²) in [6.07, 6.45) is -0.198. The summed E-state index contributed by atoms with van der Waals surface area (Å²) < 4.78 is 0. The lowest BCUT2D eigenvalue weighted by molar-refractivity contribution is -0.105. The van der Waals surface area contributed by atoms with Gasteiger partial charge in [0, 0.05) is 16.7 Å². The van der Waals surface area contributed by atoms with E-state index in [1.807, 2.05) is 0 Å². The summed E-state index contributed by atoms with van der Waals surface area (Å²) in [6.45, 7) is 0. The molecule has 0 saturated carbocycles. The topological polar surface area (TPSA) is 197 Å². The van der Waals surface area contributed by atoms with Crippen LogP contribution in [0.5, 0.6) is 0 Å². The molecule has 6 N–H and O–H groups in total. The predicted octanol–water partition coefficient (Wildman–Crippen LogP) is -2.64. The second-order valence-electron chi connectivity index (χ2n) is 3.17. The molecule has 21 heavy (non-hydrogen) atoms. The number of Topliss-reactive ketones (excluding diaryl/α,β-unsaturated/α-hetero) is 3. The average molecular weight is 300 g/mol. The molecule has 9 nitrogen and oxygen atoms in total. The van der Waals surface area contributed by atoms with Crippen molar-refractivity contribution in [3.8, 4) is 0 Å². The van der Waals surface area contributed by atoms with E-state index in [1.165, 1.54) is 6.07 Å². The van der Waals surface area contributed by atoms with Crippen molar-refractivity contribution < 1.29 is 45.2 Å². The van der Waals surface area contributed by atoms with Gasteiger partial charge in [-0.05, 0) is 0 Å². The summed E-state index contributed by atoms with van der Waals surface area (Å²) in [5.74, 6) is -3.26. The Kier molecular flexibility index (Phi) is 11.0. The SMILES string of the molecule is O.O.O.O=CC(=O)c1cccc(C(=O)C=O)c1C(=O)C=O. The molecular weight excluding hydrogens is 288 g/mol. The fraction of sp³-hybridized carbons (Fsp3) is 0. The van der Waals surface area contributed by atoms with Crippen LogP contribution in [-0.4, -0.2) is 52.6 Å². The van der Waals surface area contributed by atoms with Gasteiger partial charge in [0.05, 0.1) is 0 Å². The maximum atomic E-state index is 11.4. The molecule has 0 saturated heterocycles. The molecule has 0 aliphatic carbocycles. The van der Waals surface area contributed by atoms with Crippen molar-refractivity contribution in [2.45, 2.75) is 0 Å². The van der Waals surface area contributed by atoms with Crippen LogP contribution < -0.4 is 0 Å². The van der Waals surface area contributed by atoms with Gasteiger partial charge in [-0.15, -0.1) is 0 Å². The van der Waals surface area contributed by atoms with E-state index < -0.39 is 22.9 Å². The zero-order valence-electron chi connectivity index (χ0n) is 10.4. The van der Waals surface area contributed by atoms with Crippen molar-refractivity contribution in [1.82, 2.24) is 0 Å². The zero-order chi connectivity index (χ0) is 13.7. The van der Waals surface area contributed by atoms with Gasteiger partial charge < -0.3 is 16.4 Å². The van der Waals surface area contributed by atoms with Gasteiger partial charge in [-0.1, -0.05) is 18.2 Å². The van der Waals surface area contributed by atoms with E-state index in [4.69, 9.17) is 0 Å². The molecule has 0 fully saturated rings. The monoisotopic (exact) mass is 300 g/mol. The largest absolute Gasteiger partial charge is 0.412 e. The van der Waals surface area contributed by atoms with Gasteiger partial charge in [-0.2, -0.15) is 0 Å². The zero-order valence-corrected chi connectivity index (χ0v) is 10.4. The second kappa shape index (κ2) is 9.97. The molecule has 0 heterocycles. The summed E-state index contributed by atoms with van der Waals surface area (Å²) in [6, 6.07) is 3.47. The van der Waals surface area contributed by atoms with Gasteiger partial charge in [0.15, 0.2) is 18.9 Å². The summed E-state index contributed by atoms with van der Waals surface area (Å²) in [4.78, 5) is 65.3. The Labute approximate surface area is 117 Å². The number of hydrogen-bond donors (Lipinski definition) is 0. The van der Waals surface area contributed by atoms with Gasteiger partial charge in [0.25, 0.3) is 0 Å². The summed E-state index contributed by atoms with van der Waals surface area (Å²) >= 11 is 0. The first-order valence-electron chi connectivity index (χ1n) is 4.68. The Morgan fingerprint density at radius 3 is 1.29 bits per heavy atom. The Bertz CT molecular complexity index is 536. The molecule has 0 bridgehead atoms. The summed E-state index contributed by atoms with van der Waals surface area (Å²) in [5.41, 5.74) is -1.29. The van der Waals surface area contributed by atoms with Crippen LogP contribution in [0, 0.1) is 0 Å². The van der Waals surface area contributed by atoms with E-state index in [-0.39, 0.29) is 46.4 Å². The minimum Gasteiger partial charge on any atom is -0.412 e. The van der Waals surface area contributed by atoms with Crippen molar-refractivity contribution in [3.05, 3.63) is 34.9 Å². The van der Waals surface area contributed by atoms with E-state index in [0.29, 0.717) is 0 Å². The number of ketones is 3. The quantitative estimate of drug-likeness (QED) is 0.312. The smallest absolute Gasteiger partial charge is 0.226 e.